The minimum atomic E-state index is -2.37. The van der Waals surface area contributed by atoms with Crippen LogP contribution in [0.2, 0.25) is 0 Å². The zero-order chi connectivity index (χ0) is 46.2. The summed E-state index contributed by atoms with van der Waals surface area (Å²) in [6, 6.07) is 6.21. The Bertz CT molecular complexity index is 2380. The number of hydrogen-bond donors (Lipinski definition) is 8. The summed E-state index contributed by atoms with van der Waals surface area (Å²) in [5, 5.41) is 61.5. The minimum Gasteiger partial charge on any atom is -0.507 e. The van der Waals surface area contributed by atoms with Crippen LogP contribution in [0.4, 0.5) is 9.59 Å². The van der Waals surface area contributed by atoms with Crippen LogP contribution in [0.25, 0.3) is 0 Å². The Labute approximate surface area is 368 Å². The van der Waals surface area contributed by atoms with Crippen LogP contribution >= 0.6 is 0 Å². The van der Waals surface area contributed by atoms with Gasteiger partial charge in [-0.05, 0) is 81.3 Å². The average molecular weight is 888 g/mol. The largest absolute Gasteiger partial charge is 0.507 e. The van der Waals surface area contributed by atoms with Gasteiger partial charge < -0.3 is 65.6 Å². The lowest BCUT2D eigenvalue weighted by atomic mass is 9.72. The first-order valence-electron chi connectivity index (χ1n) is 21.1. The molecule has 342 valence electrons. The average Bonchev–Trinajstić information content (AvgIpc) is 3.25. The molecule has 7 rings (SSSR count). The molecule has 3 aromatic carbocycles. The molecule has 1 fully saturated rings. The van der Waals surface area contributed by atoms with Crippen LogP contribution in [0.3, 0.4) is 0 Å². The standard InChI is InChI=1S/C46H53N3O15/c1-21-14-24(15-22(2)43(21)64-45(58)48-28-12-8-6-5-7-11-27(28)47)20-61-44(57)49-29-16-33(62-23(3)38(29)52)63-31-18-46(59,32(51)19-50)17-26-35(31)42(56)37-36(40(26)54)39(53)25-10-9-13-30(60-4)34(25)41(37)55/h5-6,9-10,13-15,23,27-29,31,33,38,50,52,54,56,59H,7-8,11-12,16-20,47H2,1-4H3,(H,48,58)(H,49,57)/b6-5+/t23?,27?,28?,29?,31?,33?,38?,46-/m0/s1. The minimum absolute atomic E-state index is 0.0488. The number of Topliss-reactive ketones (excluding diaryl/α,β-unsaturated/α-hetero) is 1. The predicted molar refractivity (Wildman–Crippen MR) is 225 cm³/mol. The molecule has 64 heavy (non-hydrogen) atoms. The fraction of sp³-hybridized carbons (Fsp3) is 0.457. The Morgan fingerprint density at radius 2 is 1.61 bits per heavy atom. The number of alkyl carbamates (subject to hydrolysis) is 1. The molecule has 0 bridgehead atoms. The lowest BCUT2D eigenvalue weighted by molar-refractivity contribution is -0.249. The van der Waals surface area contributed by atoms with Gasteiger partial charge in [0, 0.05) is 48.0 Å². The molecule has 0 saturated carbocycles. The zero-order valence-corrected chi connectivity index (χ0v) is 35.8. The highest BCUT2D eigenvalue weighted by Crippen LogP contribution is 2.52. The second-order valence-electron chi connectivity index (χ2n) is 16.8. The number of allylic oxidation sites excluding steroid dienone is 2. The third kappa shape index (κ3) is 8.93. The summed E-state index contributed by atoms with van der Waals surface area (Å²) in [5.41, 5.74) is 3.93. The summed E-state index contributed by atoms with van der Waals surface area (Å²) in [7, 11) is 1.30. The van der Waals surface area contributed by atoms with E-state index in [-0.39, 0.29) is 53.1 Å². The second-order valence-corrected chi connectivity index (χ2v) is 16.8. The normalized spacial score (nSPS) is 26.8. The number of methoxy groups -OCH3 is 1. The van der Waals surface area contributed by atoms with Crippen molar-refractivity contribution in [3.8, 4) is 23.0 Å². The first-order chi connectivity index (χ1) is 30.5. The van der Waals surface area contributed by atoms with Gasteiger partial charge in [-0.15, -0.1) is 0 Å². The summed E-state index contributed by atoms with van der Waals surface area (Å²) < 4.78 is 28.7. The van der Waals surface area contributed by atoms with Crippen LogP contribution in [0.5, 0.6) is 23.0 Å². The number of nitrogens with two attached hydrogens (primary N) is 1. The number of hydrogen-bond acceptors (Lipinski definition) is 16. The Balaban J connectivity index is 1.06. The number of aryl methyl sites for hydroxylation is 2. The number of aromatic hydroxyl groups is 2. The van der Waals surface area contributed by atoms with Gasteiger partial charge in [0.25, 0.3) is 0 Å². The number of amides is 2. The SMILES string of the molecule is COc1cccc2c1C(=O)c1c(O)c3c(c(O)c1C2=O)C[C@@](O)(C(=O)CO)CC3OC1CC(NC(=O)OCc2cc(C)c(OC(=O)NC3CC/C=C/CCC3N)c(C)c2)C(O)C(C)O1. The molecule has 18 heteroatoms. The Hall–Kier alpha value is -5.89. The van der Waals surface area contributed by atoms with E-state index in [2.05, 4.69) is 22.8 Å². The van der Waals surface area contributed by atoms with Crippen molar-refractivity contribution in [3.63, 3.8) is 0 Å². The molecule has 4 aliphatic rings. The van der Waals surface area contributed by atoms with Crippen molar-refractivity contribution in [2.45, 2.75) is 121 Å². The number of carbonyl (C=O) groups is 5. The smallest absolute Gasteiger partial charge is 0.412 e. The third-order valence-corrected chi connectivity index (χ3v) is 12.4. The van der Waals surface area contributed by atoms with E-state index in [1.165, 1.54) is 32.2 Å². The third-order valence-electron chi connectivity index (χ3n) is 12.4. The Kier molecular flexibility index (Phi) is 13.5. The van der Waals surface area contributed by atoms with Gasteiger partial charge in [0.2, 0.25) is 5.78 Å². The van der Waals surface area contributed by atoms with Crippen molar-refractivity contribution in [3.05, 3.63) is 92.6 Å². The monoisotopic (exact) mass is 887 g/mol. The van der Waals surface area contributed by atoms with Crippen molar-refractivity contribution in [1.29, 1.82) is 0 Å². The molecule has 3 aliphatic carbocycles. The number of fused-ring (bicyclic) bond motifs is 3. The highest BCUT2D eigenvalue weighted by Gasteiger charge is 2.50. The molecule has 0 aromatic heterocycles. The second kappa shape index (κ2) is 18.7. The molecule has 8 atom stereocenters. The number of nitrogens with one attached hydrogen (secondary N) is 2. The first-order valence-corrected chi connectivity index (χ1v) is 21.1. The van der Waals surface area contributed by atoms with Crippen LogP contribution in [0, 0.1) is 13.8 Å². The molecule has 7 unspecified atom stereocenters. The molecule has 1 aliphatic heterocycles. The molecular weight excluding hydrogens is 835 g/mol. The van der Waals surface area contributed by atoms with E-state index in [0.717, 1.165) is 19.3 Å². The van der Waals surface area contributed by atoms with Gasteiger partial charge in [-0.2, -0.15) is 0 Å². The van der Waals surface area contributed by atoms with Crippen molar-refractivity contribution < 1.29 is 73.2 Å². The van der Waals surface area contributed by atoms with Gasteiger partial charge in [0.1, 0.15) is 47.9 Å². The summed E-state index contributed by atoms with van der Waals surface area (Å²) in [6.45, 7) is 3.72. The van der Waals surface area contributed by atoms with Crippen molar-refractivity contribution in [2.24, 2.45) is 5.73 Å². The van der Waals surface area contributed by atoms with Crippen LogP contribution in [0.15, 0.2) is 42.5 Å². The molecule has 0 spiro atoms. The topological polar surface area (TPSA) is 283 Å². The number of benzene rings is 3. The Morgan fingerprint density at radius 3 is 2.30 bits per heavy atom. The number of rotatable bonds is 10. The number of aliphatic hydroxyl groups is 3. The van der Waals surface area contributed by atoms with Gasteiger partial charge in [-0.25, -0.2) is 9.59 Å². The molecule has 0 radical (unpaired) electrons. The number of phenolic OH excluding ortho intramolecular Hbond substituents is 2. The number of aliphatic hydroxyl groups excluding tert-OH is 2. The molecule has 18 nitrogen and oxygen atoms in total. The van der Waals surface area contributed by atoms with E-state index < -0.39 is 108 Å². The van der Waals surface area contributed by atoms with E-state index >= 15 is 0 Å². The van der Waals surface area contributed by atoms with Gasteiger partial charge in [0.05, 0.1) is 42.0 Å². The highest BCUT2D eigenvalue weighted by atomic mass is 16.7. The number of ketones is 3. The summed E-state index contributed by atoms with van der Waals surface area (Å²) in [5.74, 6) is -3.82. The number of carbonyl (C=O) groups excluding carboxylic acids is 5. The predicted octanol–water partition coefficient (Wildman–Crippen LogP) is 3.50. The number of ether oxygens (including phenoxy) is 5. The Morgan fingerprint density at radius 1 is 0.938 bits per heavy atom. The van der Waals surface area contributed by atoms with Crippen LogP contribution in [-0.2, 0) is 32.0 Å². The maximum atomic E-state index is 14.0. The molecule has 2 amide bonds. The maximum Gasteiger partial charge on any atom is 0.412 e. The van der Waals surface area contributed by atoms with Crippen molar-refractivity contribution >= 4 is 29.5 Å². The molecule has 3 aromatic rings. The van der Waals surface area contributed by atoms with E-state index in [9.17, 15) is 49.5 Å². The van der Waals surface area contributed by atoms with E-state index in [4.69, 9.17) is 29.4 Å². The molecule has 1 heterocycles. The molecule has 9 N–H and O–H groups in total. The fourth-order valence-corrected chi connectivity index (χ4v) is 9.15. The lowest BCUT2D eigenvalue weighted by Gasteiger charge is -2.42. The lowest BCUT2D eigenvalue weighted by Crippen LogP contribution is -2.56. The van der Waals surface area contributed by atoms with Gasteiger partial charge in [-0.3, -0.25) is 14.4 Å². The molecule has 1 saturated heterocycles. The van der Waals surface area contributed by atoms with Gasteiger partial charge >= 0.3 is 12.2 Å². The quantitative estimate of drug-likeness (QED) is 0.0836. The first kappa shape index (κ1) is 46.1. The van der Waals surface area contributed by atoms with Crippen LogP contribution in [-0.4, -0.2) is 111 Å². The fourth-order valence-electron chi connectivity index (χ4n) is 9.15. The van der Waals surface area contributed by atoms with Crippen molar-refractivity contribution in [1.82, 2.24) is 10.6 Å². The maximum absolute atomic E-state index is 14.0. The van der Waals surface area contributed by atoms with Crippen LogP contribution in [0.1, 0.15) is 111 Å². The molecular formula is C46H53N3O15. The zero-order valence-electron chi connectivity index (χ0n) is 35.8. The number of phenols is 2. The van der Waals surface area contributed by atoms with Crippen molar-refractivity contribution in [2.75, 3.05) is 13.7 Å². The van der Waals surface area contributed by atoms with Gasteiger partial charge in [0.15, 0.2) is 17.9 Å². The van der Waals surface area contributed by atoms with E-state index in [1.54, 1.807) is 26.0 Å². The van der Waals surface area contributed by atoms with E-state index in [0.29, 0.717) is 28.9 Å². The highest BCUT2D eigenvalue weighted by molar-refractivity contribution is 6.31. The van der Waals surface area contributed by atoms with Gasteiger partial charge in [-0.1, -0.05) is 24.3 Å². The summed E-state index contributed by atoms with van der Waals surface area (Å²) in [6.07, 6.45) is -0.875. The van der Waals surface area contributed by atoms with E-state index in [1.807, 2.05) is 0 Å². The summed E-state index contributed by atoms with van der Waals surface area (Å²) >= 11 is 0. The van der Waals surface area contributed by atoms with Crippen LogP contribution < -0.4 is 25.8 Å². The summed E-state index contributed by atoms with van der Waals surface area (Å²) in [4.78, 5) is 66.9.